The summed E-state index contributed by atoms with van der Waals surface area (Å²) in [5.74, 6) is 2.44. The van der Waals surface area contributed by atoms with Crippen molar-refractivity contribution in [1.82, 2.24) is 20.8 Å². The first-order valence-corrected chi connectivity index (χ1v) is 8.74. The molecule has 0 unspecified atom stereocenters. The Morgan fingerprint density at radius 3 is 2.75 bits per heavy atom. The van der Waals surface area contributed by atoms with Gasteiger partial charge in [0, 0.05) is 31.1 Å². The van der Waals surface area contributed by atoms with Crippen LogP contribution < -0.4 is 24.8 Å². The number of hydrogen-bond donors (Lipinski definition) is 2. The van der Waals surface area contributed by atoms with Crippen LogP contribution in [0.4, 0.5) is 8.78 Å². The van der Waals surface area contributed by atoms with Crippen molar-refractivity contribution >= 4 is 5.96 Å². The molecule has 0 atom stereocenters. The van der Waals surface area contributed by atoms with E-state index >= 15 is 0 Å². The van der Waals surface area contributed by atoms with Crippen LogP contribution in [-0.2, 0) is 13.0 Å². The summed E-state index contributed by atoms with van der Waals surface area (Å²) in [6, 6.07) is 2.98. The second kappa shape index (κ2) is 9.20. The summed E-state index contributed by atoms with van der Waals surface area (Å²) < 4.78 is 45.6. The first-order chi connectivity index (χ1) is 13.5. The van der Waals surface area contributed by atoms with Gasteiger partial charge in [-0.05, 0) is 19.9 Å². The minimum absolute atomic E-state index is 0.000170. The number of alkyl halides is 2. The first-order valence-electron chi connectivity index (χ1n) is 8.74. The van der Waals surface area contributed by atoms with Crippen LogP contribution in [-0.4, -0.2) is 42.6 Å². The van der Waals surface area contributed by atoms with Crippen molar-refractivity contribution in [3.05, 3.63) is 29.4 Å². The number of fused-ring (bicyclic) bond motifs is 1. The fourth-order valence-electron chi connectivity index (χ4n) is 2.53. The Kier molecular flexibility index (Phi) is 6.45. The number of aromatic nitrogens is 2. The summed E-state index contributed by atoms with van der Waals surface area (Å²) >= 11 is 0. The van der Waals surface area contributed by atoms with E-state index in [2.05, 4.69) is 30.5 Å². The second-order valence-corrected chi connectivity index (χ2v) is 5.80. The molecule has 1 aromatic heterocycles. The molecule has 2 heterocycles. The van der Waals surface area contributed by atoms with E-state index in [-0.39, 0.29) is 19.1 Å². The van der Waals surface area contributed by atoms with Crippen LogP contribution in [0.25, 0.3) is 0 Å². The lowest BCUT2D eigenvalue weighted by atomic mass is 10.1. The number of benzene rings is 1. The predicted molar refractivity (Wildman–Crippen MR) is 94.8 cm³/mol. The summed E-state index contributed by atoms with van der Waals surface area (Å²) in [4.78, 5) is 8.55. The topological polar surface area (TPSA) is 103 Å². The zero-order chi connectivity index (χ0) is 19.9. The fraction of sp³-hybridized carbons (Fsp3) is 0.471. The van der Waals surface area contributed by atoms with Crippen molar-refractivity contribution in [2.45, 2.75) is 33.4 Å². The normalized spacial score (nSPS) is 13.1. The second-order valence-electron chi connectivity index (χ2n) is 5.80. The van der Waals surface area contributed by atoms with Crippen molar-refractivity contribution in [2.24, 2.45) is 4.99 Å². The van der Waals surface area contributed by atoms with Gasteiger partial charge < -0.3 is 29.4 Å². The Labute approximate surface area is 160 Å². The number of aliphatic imine (C=N–C) groups is 1. The van der Waals surface area contributed by atoms with Gasteiger partial charge in [0.05, 0.1) is 6.54 Å². The van der Waals surface area contributed by atoms with E-state index in [4.69, 9.17) is 14.0 Å². The number of ether oxygens (including phenoxy) is 3. The molecule has 0 amide bonds. The van der Waals surface area contributed by atoms with Gasteiger partial charge in [0.1, 0.15) is 5.75 Å². The molecule has 2 aromatic rings. The van der Waals surface area contributed by atoms with Crippen molar-refractivity contribution < 1.29 is 27.5 Å². The number of nitrogens with one attached hydrogen (secondary N) is 2. The lowest BCUT2D eigenvalue weighted by Gasteiger charge is -2.13. The summed E-state index contributed by atoms with van der Waals surface area (Å²) in [6.07, 6.45) is 0.523. The Morgan fingerprint density at radius 1 is 1.29 bits per heavy atom. The van der Waals surface area contributed by atoms with E-state index in [0.29, 0.717) is 54.2 Å². The van der Waals surface area contributed by atoms with E-state index in [1.54, 1.807) is 13.0 Å². The average Bonchev–Trinajstić information content (AvgIpc) is 3.27. The number of guanidine groups is 1. The van der Waals surface area contributed by atoms with Gasteiger partial charge in [-0.2, -0.15) is 13.8 Å². The lowest BCUT2D eigenvalue weighted by Crippen LogP contribution is -2.38. The third kappa shape index (κ3) is 5.21. The van der Waals surface area contributed by atoms with Crippen LogP contribution in [0.1, 0.15) is 24.2 Å². The van der Waals surface area contributed by atoms with Gasteiger partial charge >= 0.3 is 6.61 Å². The average molecular weight is 397 g/mol. The number of halogens is 2. The predicted octanol–water partition coefficient (Wildman–Crippen LogP) is 2.01. The standard InChI is InChI=1S/C17H21F2N5O4/c1-3-20-17(21-5-4-15-23-10(2)24-28-15)22-8-11-6-13-14(26-9-25-13)7-12(11)27-16(18)19/h6-7,16H,3-5,8-9H2,1-2H3,(H2,20,21,22). The minimum Gasteiger partial charge on any atom is -0.454 e. The lowest BCUT2D eigenvalue weighted by molar-refractivity contribution is -0.0505. The van der Waals surface area contributed by atoms with Crippen LogP contribution in [0.3, 0.4) is 0 Å². The smallest absolute Gasteiger partial charge is 0.387 e. The van der Waals surface area contributed by atoms with Gasteiger partial charge in [0.15, 0.2) is 23.3 Å². The molecule has 1 aliphatic rings. The van der Waals surface area contributed by atoms with Gasteiger partial charge in [-0.15, -0.1) is 0 Å². The Balaban J connectivity index is 1.67. The molecule has 28 heavy (non-hydrogen) atoms. The highest BCUT2D eigenvalue weighted by Gasteiger charge is 2.20. The van der Waals surface area contributed by atoms with Crippen LogP contribution in [0.5, 0.6) is 17.2 Å². The molecule has 11 heteroatoms. The van der Waals surface area contributed by atoms with Gasteiger partial charge in [-0.3, -0.25) is 0 Å². The SMILES string of the molecule is CCNC(=NCc1cc2c(cc1OC(F)F)OCO2)NCCc1nc(C)no1. The van der Waals surface area contributed by atoms with E-state index in [1.165, 1.54) is 6.07 Å². The van der Waals surface area contributed by atoms with E-state index in [1.807, 2.05) is 6.92 Å². The molecule has 9 nitrogen and oxygen atoms in total. The van der Waals surface area contributed by atoms with E-state index < -0.39 is 6.61 Å². The van der Waals surface area contributed by atoms with E-state index in [0.717, 1.165) is 0 Å². The highest BCUT2D eigenvalue weighted by atomic mass is 19.3. The van der Waals surface area contributed by atoms with Crippen molar-refractivity contribution in [3.63, 3.8) is 0 Å². The molecule has 0 radical (unpaired) electrons. The van der Waals surface area contributed by atoms with Crippen molar-refractivity contribution in [2.75, 3.05) is 19.9 Å². The largest absolute Gasteiger partial charge is 0.454 e. The third-order valence-electron chi connectivity index (χ3n) is 3.72. The molecule has 0 saturated heterocycles. The van der Waals surface area contributed by atoms with E-state index in [9.17, 15) is 8.78 Å². The quantitative estimate of drug-likeness (QED) is 0.515. The number of hydrogen-bond acceptors (Lipinski definition) is 7. The third-order valence-corrected chi connectivity index (χ3v) is 3.72. The summed E-state index contributed by atoms with van der Waals surface area (Å²) in [6.45, 7) is 2.00. The Morgan fingerprint density at radius 2 is 2.07 bits per heavy atom. The highest BCUT2D eigenvalue weighted by Crippen LogP contribution is 2.38. The Bertz CT molecular complexity index is 828. The molecule has 1 aliphatic heterocycles. The maximum atomic E-state index is 12.7. The molecule has 3 rings (SSSR count). The monoisotopic (exact) mass is 397 g/mol. The molecule has 1 aromatic carbocycles. The number of rotatable bonds is 8. The summed E-state index contributed by atoms with van der Waals surface area (Å²) in [7, 11) is 0. The molecule has 0 fully saturated rings. The van der Waals surface area contributed by atoms with Crippen LogP contribution in [0, 0.1) is 6.92 Å². The van der Waals surface area contributed by atoms with Gasteiger partial charge in [0.25, 0.3) is 0 Å². The van der Waals surface area contributed by atoms with Gasteiger partial charge in [-0.25, -0.2) is 4.99 Å². The molecule has 0 aliphatic carbocycles. The molecule has 152 valence electrons. The van der Waals surface area contributed by atoms with Crippen LogP contribution in [0.15, 0.2) is 21.6 Å². The zero-order valence-corrected chi connectivity index (χ0v) is 15.5. The first kappa shape index (κ1) is 19.6. The summed E-state index contributed by atoms with van der Waals surface area (Å²) in [5.41, 5.74) is 0.453. The van der Waals surface area contributed by atoms with Gasteiger partial charge in [-0.1, -0.05) is 5.16 Å². The molecule has 0 spiro atoms. The maximum absolute atomic E-state index is 12.7. The minimum atomic E-state index is -2.95. The molecular formula is C17H21F2N5O4. The molecule has 2 N–H and O–H groups in total. The molecular weight excluding hydrogens is 376 g/mol. The number of nitrogens with zero attached hydrogens (tertiary/aromatic N) is 3. The maximum Gasteiger partial charge on any atom is 0.387 e. The van der Waals surface area contributed by atoms with Crippen molar-refractivity contribution in [1.29, 1.82) is 0 Å². The van der Waals surface area contributed by atoms with Gasteiger partial charge in [0.2, 0.25) is 12.7 Å². The van der Waals surface area contributed by atoms with Crippen LogP contribution in [0.2, 0.25) is 0 Å². The number of aryl methyl sites for hydroxylation is 1. The highest BCUT2D eigenvalue weighted by molar-refractivity contribution is 5.79. The molecule has 0 bridgehead atoms. The Hall–Kier alpha value is -3.11. The zero-order valence-electron chi connectivity index (χ0n) is 15.5. The van der Waals surface area contributed by atoms with Crippen molar-refractivity contribution in [3.8, 4) is 17.2 Å². The fourth-order valence-corrected chi connectivity index (χ4v) is 2.53. The summed E-state index contributed by atoms with van der Waals surface area (Å²) in [5, 5.41) is 9.94. The molecule has 0 saturated carbocycles. The van der Waals surface area contributed by atoms with Crippen LogP contribution >= 0.6 is 0 Å².